The van der Waals surface area contributed by atoms with E-state index in [9.17, 15) is 0 Å². The Morgan fingerprint density at radius 1 is 0.690 bits per heavy atom. The zero-order valence-electron chi connectivity index (χ0n) is 18.8. The van der Waals surface area contributed by atoms with E-state index in [-0.39, 0.29) is 12.4 Å². The van der Waals surface area contributed by atoms with Gasteiger partial charge < -0.3 is 10.6 Å². The Labute approximate surface area is 182 Å². The highest BCUT2D eigenvalue weighted by Crippen LogP contribution is 2.26. The summed E-state index contributed by atoms with van der Waals surface area (Å²) in [6.07, 6.45) is 6.28. The highest BCUT2D eigenvalue weighted by Gasteiger charge is 2.16. The first kappa shape index (κ1) is 23.3. The second-order valence-corrected chi connectivity index (χ2v) is 8.57. The van der Waals surface area contributed by atoms with Gasteiger partial charge in [0.2, 0.25) is 5.96 Å². The van der Waals surface area contributed by atoms with E-state index in [2.05, 4.69) is 76.4 Å². The second kappa shape index (κ2) is 10.2. The van der Waals surface area contributed by atoms with Gasteiger partial charge in [0.1, 0.15) is 0 Å². The van der Waals surface area contributed by atoms with Crippen molar-refractivity contribution in [1.29, 1.82) is 0 Å². The van der Waals surface area contributed by atoms with Crippen molar-refractivity contribution in [2.75, 3.05) is 10.6 Å². The van der Waals surface area contributed by atoms with E-state index in [0.29, 0.717) is 6.04 Å². The number of rotatable bonds is 3. The lowest BCUT2D eigenvalue weighted by atomic mass is 9.96. The summed E-state index contributed by atoms with van der Waals surface area (Å²) in [5.41, 5.74) is 9.95. The Kier molecular flexibility index (Phi) is 8.15. The Hall–Kier alpha value is -2.00. The first-order valence-electron chi connectivity index (χ1n) is 10.6. The summed E-state index contributed by atoms with van der Waals surface area (Å²) in [4.78, 5) is 5.13. The monoisotopic (exact) mass is 413 g/mol. The van der Waals surface area contributed by atoms with E-state index in [4.69, 9.17) is 4.99 Å². The van der Waals surface area contributed by atoms with Gasteiger partial charge in [-0.15, -0.1) is 12.4 Å². The average Bonchev–Trinajstić information content (AvgIpc) is 2.61. The van der Waals surface area contributed by atoms with E-state index >= 15 is 0 Å². The van der Waals surface area contributed by atoms with Crippen molar-refractivity contribution < 1.29 is 0 Å². The summed E-state index contributed by atoms with van der Waals surface area (Å²) in [5, 5.41) is 7.29. The molecule has 1 aliphatic rings. The largest absolute Gasteiger partial charge is 0.326 e. The fourth-order valence-corrected chi connectivity index (χ4v) is 4.48. The molecule has 29 heavy (non-hydrogen) atoms. The van der Waals surface area contributed by atoms with Crippen LogP contribution in [0.2, 0.25) is 0 Å². The van der Waals surface area contributed by atoms with Crippen LogP contribution in [0.1, 0.15) is 65.5 Å². The lowest BCUT2D eigenvalue weighted by Gasteiger charge is -2.23. The molecule has 0 atom stereocenters. The number of nitrogens with one attached hydrogen (secondary N) is 2. The molecule has 1 saturated carbocycles. The third kappa shape index (κ3) is 5.99. The van der Waals surface area contributed by atoms with Gasteiger partial charge >= 0.3 is 0 Å². The van der Waals surface area contributed by atoms with Gasteiger partial charge in [0.15, 0.2) is 0 Å². The van der Waals surface area contributed by atoms with Gasteiger partial charge in [-0.2, -0.15) is 0 Å². The molecule has 0 bridgehead atoms. The number of nitrogens with zero attached hydrogens (tertiary/aromatic N) is 1. The number of aliphatic imine (C=N–C) groups is 1. The van der Waals surface area contributed by atoms with E-state index in [1.54, 1.807) is 0 Å². The highest BCUT2D eigenvalue weighted by molar-refractivity contribution is 6.05. The molecule has 2 N–H and O–H groups in total. The first-order chi connectivity index (χ1) is 13.3. The number of halogens is 1. The van der Waals surface area contributed by atoms with Crippen LogP contribution in [0.3, 0.4) is 0 Å². The molecule has 2 aromatic rings. The third-order valence-electron chi connectivity index (χ3n) is 5.73. The summed E-state index contributed by atoms with van der Waals surface area (Å²) in [7, 11) is 0. The summed E-state index contributed by atoms with van der Waals surface area (Å²) < 4.78 is 0. The van der Waals surface area contributed by atoms with Crippen molar-refractivity contribution in [1.82, 2.24) is 0 Å². The molecule has 4 heteroatoms. The maximum absolute atomic E-state index is 5.13. The summed E-state index contributed by atoms with van der Waals surface area (Å²) in [5.74, 6) is 0.872. The number of hydrogen-bond acceptors (Lipinski definition) is 1. The fraction of sp³-hybridized carbons (Fsp3) is 0.480. The van der Waals surface area contributed by atoms with Crippen molar-refractivity contribution in [3.63, 3.8) is 0 Å². The Morgan fingerprint density at radius 2 is 1.07 bits per heavy atom. The normalized spacial score (nSPS) is 14.1. The number of benzene rings is 2. The molecule has 3 nitrogen and oxygen atoms in total. The van der Waals surface area contributed by atoms with Crippen LogP contribution in [-0.4, -0.2) is 12.0 Å². The standard InChI is InChI=1S/C25H35N3.ClH/c1-16-12-18(3)23(19(4)13-16)27-25(26-22-10-8-7-9-11-22)28-24-20(5)14-17(2)15-21(24)6;/h12-15,22H,7-11H2,1-6H3,(H2,26,27,28);1H. The second-order valence-electron chi connectivity index (χ2n) is 8.57. The quantitative estimate of drug-likeness (QED) is 0.413. The van der Waals surface area contributed by atoms with Gasteiger partial charge in [0, 0.05) is 11.4 Å². The van der Waals surface area contributed by atoms with Crippen LogP contribution in [-0.2, 0) is 0 Å². The van der Waals surface area contributed by atoms with Crippen LogP contribution in [0.25, 0.3) is 0 Å². The third-order valence-corrected chi connectivity index (χ3v) is 5.73. The summed E-state index contributed by atoms with van der Waals surface area (Å²) >= 11 is 0. The lowest BCUT2D eigenvalue weighted by molar-refractivity contribution is 0.443. The minimum atomic E-state index is 0. The first-order valence-corrected chi connectivity index (χ1v) is 10.6. The van der Waals surface area contributed by atoms with Gasteiger partial charge in [-0.05, 0) is 76.6 Å². The number of hydrogen-bond donors (Lipinski definition) is 2. The maximum atomic E-state index is 5.13. The molecule has 1 aliphatic carbocycles. The molecular weight excluding hydrogens is 378 g/mol. The smallest absolute Gasteiger partial charge is 0.200 e. The molecule has 3 rings (SSSR count). The minimum Gasteiger partial charge on any atom is -0.326 e. The molecule has 158 valence electrons. The Morgan fingerprint density at radius 3 is 1.45 bits per heavy atom. The molecule has 1 fully saturated rings. The summed E-state index contributed by atoms with van der Waals surface area (Å²) in [6, 6.07) is 9.33. The molecule has 2 aromatic carbocycles. The average molecular weight is 414 g/mol. The van der Waals surface area contributed by atoms with Gasteiger partial charge in [-0.25, -0.2) is 4.99 Å². The van der Waals surface area contributed by atoms with Crippen LogP contribution in [0, 0.1) is 41.5 Å². The van der Waals surface area contributed by atoms with E-state index in [1.807, 2.05) is 0 Å². The number of anilines is 2. The Bertz CT molecular complexity index is 772. The minimum absolute atomic E-state index is 0. The molecule has 0 aliphatic heterocycles. The van der Waals surface area contributed by atoms with E-state index in [0.717, 1.165) is 17.3 Å². The van der Waals surface area contributed by atoms with Crippen LogP contribution < -0.4 is 10.6 Å². The van der Waals surface area contributed by atoms with Crippen molar-refractivity contribution in [3.05, 3.63) is 57.6 Å². The van der Waals surface area contributed by atoms with Gasteiger partial charge in [0.25, 0.3) is 0 Å². The lowest BCUT2D eigenvalue weighted by Crippen LogP contribution is -2.27. The molecule has 0 radical (unpaired) electrons. The molecule has 0 heterocycles. The van der Waals surface area contributed by atoms with Crippen LogP contribution in [0.15, 0.2) is 29.3 Å². The number of aryl methyl sites for hydroxylation is 6. The van der Waals surface area contributed by atoms with Crippen molar-refractivity contribution in [3.8, 4) is 0 Å². The Balaban J connectivity index is 0.00000300. The highest BCUT2D eigenvalue weighted by atomic mass is 35.5. The van der Waals surface area contributed by atoms with Gasteiger partial charge in [-0.3, -0.25) is 0 Å². The molecule has 0 saturated heterocycles. The van der Waals surface area contributed by atoms with Crippen LogP contribution in [0.4, 0.5) is 11.4 Å². The van der Waals surface area contributed by atoms with Crippen LogP contribution >= 0.6 is 12.4 Å². The van der Waals surface area contributed by atoms with Gasteiger partial charge in [0.05, 0.1) is 6.04 Å². The SMILES string of the molecule is Cc1cc(C)c(NC(=NC2CCCCC2)Nc2c(C)cc(C)cc2C)c(C)c1.Cl. The molecule has 0 unspecified atom stereocenters. The molecule has 0 spiro atoms. The maximum Gasteiger partial charge on any atom is 0.200 e. The topological polar surface area (TPSA) is 36.4 Å². The van der Waals surface area contributed by atoms with Gasteiger partial charge in [-0.1, -0.05) is 54.7 Å². The predicted molar refractivity (Wildman–Crippen MR) is 130 cm³/mol. The zero-order valence-corrected chi connectivity index (χ0v) is 19.6. The van der Waals surface area contributed by atoms with E-state index < -0.39 is 0 Å². The number of guanidine groups is 1. The van der Waals surface area contributed by atoms with Crippen molar-refractivity contribution in [2.45, 2.75) is 79.7 Å². The zero-order chi connectivity index (χ0) is 20.3. The fourth-order valence-electron chi connectivity index (χ4n) is 4.48. The van der Waals surface area contributed by atoms with Crippen molar-refractivity contribution >= 4 is 29.7 Å². The van der Waals surface area contributed by atoms with Crippen LogP contribution in [0.5, 0.6) is 0 Å². The molecule has 0 amide bonds. The summed E-state index contributed by atoms with van der Waals surface area (Å²) in [6.45, 7) is 13.0. The van der Waals surface area contributed by atoms with Crippen molar-refractivity contribution in [2.24, 2.45) is 4.99 Å². The molecule has 0 aromatic heterocycles. The van der Waals surface area contributed by atoms with E-state index in [1.165, 1.54) is 65.5 Å². The molecular formula is C25H36ClN3. The predicted octanol–water partition coefficient (Wildman–Crippen LogP) is 7.17.